The van der Waals surface area contributed by atoms with Crippen molar-refractivity contribution in [1.29, 1.82) is 0 Å². The Bertz CT molecular complexity index is 842. The van der Waals surface area contributed by atoms with E-state index in [1.54, 1.807) is 18.2 Å². The molecule has 126 valence electrons. The topological polar surface area (TPSA) is 71.3 Å². The fraction of sp³-hybridized carbons (Fsp3) is 0.100. The van der Waals surface area contributed by atoms with Crippen LogP contribution in [-0.2, 0) is 12.8 Å². The number of hydrogen-bond donors (Lipinski definition) is 2. The minimum Gasteiger partial charge on any atom is -0.459 e. The van der Waals surface area contributed by atoms with Gasteiger partial charge in [-0.25, -0.2) is 0 Å². The van der Waals surface area contributed by atoms with Crippen LogP contribution in [-0.4, -0.2) is 11.8 Å². The molecule has 0 unspecified atom stereocenters. The van der Waals surface area contributed by atoms with Crippen LogP contribution in [0, 0.1) is 0 Å². The number of carbonyl (C=O) groups is 2. The SMILES string of the molecule is O=C(NNC(=O)c1ccccc1CCc1ccccc1)c1ccco1. The maximum atomic E-state index is 12.4. The predicted molar refractivity (Wildman–Crippen MR) is 93.9 cm³/mol. The second-order valence-electron chi connectivity index (χ2n) is 5.53. The van der Waals surface area contributed by atoms with Crippen molar-refractivity contribution in [1.82, 2.24) is 10.9 Å². The molecule has 1 heterocycles. The minimum absolute atomic E-state index is 0.137. The standard InChI is InChI=1S/C20H18N2O3/c23-19(21-22-20(24)18-11-6-14-25-18)17-10-5-4-9-16(17)13-12-15-7-2-1-3-8-15/h1-11,14H,12-13H2,(H,21,23)(H,22,24). The van der Waals surface area contributed by atoms with Crippen molar-refractivity contribution in [2.75, 3.05) is 0 Å². The number of hydrazine groups is 1. The Morgan fingerprint density at radius 3 is 2.24 bits per heavy atom. The van der Waals surface area contributed by atoms with E-state index in [9.17, 15) is 9.59 Å². The summed E-state index contributed by atoms with van der Waals surface area (Å²) in [6.07, 6.45) is 2.97. The van der Waals surface area contributed by atoms with Crippen molar-refractivity contribution < 1.29 is 14.0 Å². The van der Waals surface area contributed by atoms with E-state index in [2.05, 4.69) is 23.0 Å². The van der Waals surface area contributed by atoms with Gasteiger partial charge >= 0.3 is 5.91 Å². The molecule has 0 radical (unpaired) electrons. The Kier molecular flexibility index (Phi) is 5.26. The van der Waals surface area contributed by atoms with E-state index in [1.165, 1.54) is 17.9 Å². The first-order chi connectivity index (χ1) is 12.2. The highest BCUT2D eigenvalue weighted by Crippen LogP contribution is 2.12. The van der Waals surface area contributed by atoms with Crippen molar-refractivity contribution in [2.24, 2.45) is 0 Å². The van der Waals surface area contributed by atoms with Crippen LogP contribution in [0.5, 0.6) is 0 Å². The first-order valence-corrected chi connectivity index (χ1v) is 8.00. The average molecular weight is 334 g/mol. The molecule has 1 aromatic heterocycles. The predicted octanol–water partition coefficient (Wildman–Crippen LogP) is 3.14. The highest BCUT2D eigenvalue weighted by atomic mass is 16.3. The van der Waals surface area contributed by atoms with Crippen molar-refractivity contribution in [3.05, 3.63) is 95.4 Å². The monoisotopic (exact) mass is 334 g/mol. The molecular formula is C20H18N2O3. The second-order valence-corrected chi connectivity index (χ2v) is 5.53. The Morgan fingerprint density at radius 2 is 1.48 bits per heavy atom. The third-order valence-corrected chi connectivity index (χ3v) is 3.82. The largest absolute Gasteiger partial charge is 0.459 e. The van der Waals surface area contributed by atoms with Gasteiger partial charge in [-0.3, -0.25) is 20.4 Å². The third kappa shape index (κ3) is 4.35. The summed E-state index contributed by atoms with van der Waals surface area (Å²) in [5.41, 5.74) is 7.46. The van der Waals surface area contributed by atoms with Gasteiger partial charge in [-0.15, -0.1) is 0 Å². The van der Waals surface area contributed by atoms with E-state index in [-0.39, 0.29) is 11.7 Å². The summed E-state index contributed by atoms with van der Waals surface area (Å²) < 4.78 is 4.98. The minimum atomic E-state index is -0.500. The Hall–Kier alpha value is -3.34. The van der Waals surface area contributed by atoms with Gasteiger partial charge in [-0.1, -0.05) is 48.5 Å². The maximum Gasteiger partial charge on any atom is 0.305 e. The summed E-state index contributed by atoms with van der Waals surface area (Å²) in [6.45, 7) is 0. The summed E-state index contributed by atoms with van der Waals surface area (Å²) in [7, 11) is 0. The van der Waals surface area contributed by atoms with Gasteiger partial charge < -0.3 is 4.42 Å². The lowest BCUT2D eigenvalue weighted by Crippen LogP contribution is -2.41. The summed E-state index contributed by atoms with van der Waals surface area (Å²) in [5.74, 6) is -0.721. The smallest absolute Gasteiger partial charge is 0.305 e. The second kappa shape index (κ2) is 7.97. The maximum absolute atomic E-state index is 12.4. The van der Waals surface area contributed by atoms with Crippen molar-refractivity contribution in [3.63, 3.8) is 0 Å². The first-order valence-electron chi connectivity index (χ1n) is 8.00. The molecule has 2 amide bonds. The summed E-state index contributed by atoms with van der Waals surface area (Å²) in [4.78, 5) is 24.2. The molecule has 0 atom stereocenters. The van der Waals surface area contributed by atoms with Crippen LogP contribution in [0.1, 0.15) is 32.0 Å². The molecule has 0 aliphatic heterocycles. The van der Waals surface area contributed by atoms with Crippen molar-refractivity contribution in [2.45, 2.75) is 12.8 Å². The fourth-order valence-electron chi connectivity index (χ4n) is 2.53. The Morgan fingerprint density at radius 1 is 0.760 bits per heavy atom. The van der Waals surface area contributed by atoms with E-state index >= 15 is 0 Å². The van der Waals surface area contributed by atoms with Gasteiger partial charge in [0.25, 0.3) is 5.91 Å². The van der Waals surface area contributed by atoms with Gasteiger partial charge in [-0.05, 0) is 42.2 Å². The van der Waals surface area contributed by atoms with Crippen LogP contribution in [0.4, 0.5) is 0 Å². The van der Waals surface area contributed by atoms with E-state index in [0.717, 1.165) is 18.4 Å². The van der Waals surface area contributed by atoms with Gasteiger partial charge in [0, 0.05) is 5.56 Å². The summed E-state index contributed by atoms with van der Waals surface area (Å²) in [6, 6.07) is 20.6. The lowest BCUT2D eigenvalue weighted by atomic mass is 9.99. The van der Waals surface area contributed by atoms with E-state index in [4.69, 9.17) is 4.42 Å². The molecule has 0 saturated carbocycles. The molecule has 0 fully saturated rings. The molecule has 2 N–H and O–H groups in total. The molecule has 2 aromatic carbocycles. The molecular weight excluding hydrogens is 316 g/mol. The number of furan rings is 1. The zero-order valence-corrected chi connectivity index (χ0v) is 13.6. The van der Waals surface area contributed by atoms with E-state index in [0.29, 0.717) is 5.56 Å². The first kappa shape index (κ1) is 16.5. The molecule has 5 nitrogen and oxygen atoms in total. The highest BCUT2D eigenvalue weighted by Gasteiger charge is 2.13. The number of amides is 2. The van der Waals surface area contributed by atoms with E-state index < -0.39 is 5.91 Å². The van der Waals surface area contributed by atoms with Crippen molar-refractivity contribution in [3.8, 4) is 0 Å². The lowest BCUT2D eigenvalue weighted by molar-refractivity contribution is 0.0830. The zero-order chi connectivity index (χ0) is 17.5. The molecule has 3 rings (SSSR count). The van der Waals surface area contributed by atoms with Crippen LogP contribution in [0.3, 0.4) is 0 Å². The molecule has 0 bridgehead atoms. The zero-order valence-electron chi connectivity index (χ0n) is 13.6. The van der Waals surface area contributed by atoms with Gasteiger partial charge in [0.05, 0.1) is 6.26 Å². The average Bonchev–Trinajstić information content (AvgIpc) is 3.20. The summed E-state index contributed by atoms with van der Waals surface area (Å²) >= 11 is 0. The fourth-order valence-corrected chi connectivity index (χ4v) is 2.53. The number of carbonyl (C=O) groups excluding carboxylic acids is 2. The van der Waals surface area contributed by atoms with Gasteiger partial charge in [0.2, 0.25) is 0 Å². The van der Waals surface area contributed by atoms with Crippen LogP contribution in [0.25, 0.3) is 0 Å². The lowest BCUT2D eigenvalue weighted by Gasteiger charge is -2.10. The molecule has 0 aliphatic rings. The van der Waals surface area contributed by atoms with Crippen LogP contribution in [0.15, 0.2) is 77.4 Å². The molecule has 3 aromatic rings. The highest BCUT2D eigenvalue weighted by molar-refractivity contribution is 5.98. The molecule has 0 aliphatic carbocycles. The number of nitrogens with one attached hydrogen (secondary N) is 2. The molecule has 0 spiro atoms. The van der Waals surface area contributed by atoms with Crippen LogP contribution >= 0.6 is 0 Å². The van der Waals surface area contributed by atoms with Crippen LogP contribution < -0.4 is 10.9 Å². The molecule has 5 heteroatoms. The van der Waals surface area contributed by atoms with Crippen molar-refractivity contribution >= 4 is 11.8 Å². The number of hydrogen-bond acceptors (Lipinski definition) is 3. The number of benzene rings is 2. The summed E-state index contributed by atoms with van der Waals surface area (Å²) in [5, 5.41) is 0. The van der Waals surface area contributed by atoms with Gasteiger partial charge in [0.15, 0.2) is 5.76 Å². The normalized spacial score (nSPS) is 10.2. The third-order valence-electron chi connectivity index (χ3n) is 3.82. The van der Waals surface area contributed by atoms with E-state index in [1.807, 2.05) is 30.3 Å². The number of rotatable bonds is 5. The molecule has 0 saturated heterocycles. The van der Waals surface area contributed by atoms with Gasteiger partial charge in [0.1, 0.15) is 0 Å². The Balaban J connectivity index is 1.63. The molecule has 25 heavy (non-hydrogen) atoms. The Labute approximate surface area is 145 Å². The van der Waals surface area contributed by atoms with Gasteiger partial charge in [-0.2, -0.15) is 0 Å². The number of aryl methyl sites for hydroxylation is 2. The quantitative estimate of drug-likeness (QED) is 0.704. The van der Waals surface area contributed by atoms with Crippen LogP contribution in [0.2, 0.25) is 0 Å².